The molecule has 0 aromatic heterocycles. The molecule has 2 fully saturated rings. The first kappa shape index (κ1) is 21.4. The Bertz CT molecular complexity index is 510. The molecule has 148 valence electrons. The second kappa shape index (κ2) is 9.33. The van der Waals surface area contributed by atoms with Crippen molar-refractivity contribution < 1.29 is 14.6 Å². The fraction of sp³-hybridized carbons (Fsp3) is 0.909. The van der Waals surface area contributed by atoms with Crippen LogP contribution in [0.3, 0.4) is 0 Å². The Morgan fingerprint density at radius 3 is 2.77 bits per heavy atom. The zero-order chi connectivity index (χ0) is 19.2. The quantitative estimate of drug-likeness (QED) is 0.536. The molecule has 2 aliphatic rings. The topological polar surface area (TPSA) is 70.3 Å². The highest BCUT2D eigenvalue weighted by Crippen LogP contribution is 2.52. The summed E-state index contributed by atoms with van der Waals surface area (Å²) in [6.45, 7) is 7.28. The van der Waals surface area contributed by atoms with Crippen LogP contribution in [0.4, 0.5) is 0 Å². The van der Waals surface area contributed by atoms with Crippen LogP contribution in [-0.4, -0.2) is 29.2 Å². The van der Waals surface area contributed by atoms with Gasteiger partial charge in [-0.3, -0.25) is 4.79 Å². The van der Waals surface area contributed by atoms with Crippen LogP contribution in [-0.2, 0) is 9.53 Å². The molecule has 1 N–H and O–H groups in total. The van der Waals surface area contributed by atoms with Crippen molar-refractivity contribution in [3.63, 3.8) is 0 Å². The minimum absolute atomic E-state index is 0.0419. The van der Waals surface area contributed by atoms with Gasteiger partial charge in [-0.15, -0.1) is 0 Å². The summed E-state index contributed by atoms with van der Waals surface area (Å²) in [6, 6.07) is 2.13. The van der Waals surface area contributed by atoms with Crippen molar-refractivity contribution >= 4 is 5.78 Å². The Balaban J connectivity index is 1.85. The van der Waals surface area contributed by atoms with Crippen molar-refractivity contribution in [1.82, 2.24) is 0 Å². The Morgan fingerprint density at radius 2 is 2.08 bits per heavy atom. The van der Waals surface area contributed by atoms with Crippen LogP contribution in [0.25, 0.3) is 0 Å². The molecule has 0 aromatic carbocycles. The van der Waals surface area contributed by atoms with Gasteiger partial charge in [0.05, 0.1) is 17.8 Å². The van der Waals surface area contributed by atoms with E-state index in [2.05, 4.69) is 26.8 Å². The van der Waals surface area contributed by atoms with E-state index in [1.165, 1.54) is 12.8 Å². The van der Waals surface area contributed by atoms with Gasteiger partial charge in [0, 0.05) is 31.8 Å². The highest BCUT2D eigenvalue weighted by molar-refractivity contribution is 5.82. The summed E-state index contributed by atoms with van der Waals surface area (Å²) < 4.78 is 5.87. The van der Waals surface area contributed by atoms with Crippen molar-refractivity contribution in [3.8, 4) is 6.07 Å². The number of carbonyl (C=O) groups is 1. The Hall–Kier alpha value is -0.920. The third-order valence-electron chi connectivity index (χ3n) is 6.65. The van der Waals surface area contributed by atoms with E-state index in [1.807, 2.05) is 0 Å². The van der Waals surface area contributed by atoms with E-state index in [4.69, 9.17) is 10.00 Å². The number of ketones is 1. The number of fused-ring (bicyclic) bond motifs is 1. The zero-order valence-electron chi connectivity index (χ0n) is 16.9. The van der Waals surface area contributed by atoms with E-state index in [-0.39, 0.29) is 29.1 Å². The minimum atomic E-state index is -0.857. The standard InChI is InChI=1S/C22H37NO3/c1-4-5-11-21(2,3)12-10-20(24)19-9-8-17-15-18(16-22(17,19)25)26-14-7-6-13-23/h17-19,25H,4-12,14-16H2,1-3H3/t17-,18-,19+,22-/m0/s1. The van der Waals surface area contributed by atoms with E-state index in [0.29, 0.717) is 25.9 Å². The van der Waals surface area contributed by atoms with Gasteiger partial charge in [0.1, 0.15) is 5.78 Å². The van der Waals surface area contributed by atoms with Gasteiger partial charge in [-0.2, -0.15) is 5.26 Å². The predicted octanol–water partition coefficient (Wildman–Crippen LogP) is 4.79. The van der Waals surface area contributed by atoms with Gasteiger partial charge in [0.2, 0.25) is 0 Å². The molecule has 4 atom stereocenters. The molecular formula is C22H37NO3. The number of rotatable bonds is 11. The summed E-state index contributed by atoms with van der Waals surface area (Å²) in [5, 5.41) is 19.9. The van der Waals surface area contributed by atoms with Gasteiger partial charge in [-0.05, 0) is 49.9 Å². The number of hydrogen-bond acceptors (Lipinski definition) is 4. The van der Waals surface area contributed by atoms with E-state index in [0.717, 1.165) is 38.5 Å². The van der Waals surface area contributed by atoms with Gasteiger partial charge in [0.25, 0.3) is 0 Å². The van der Waals surface area contributed by atoms with Gasteiger partial charge in [-0.25, -0.2) is 0 Å². The van der Waals surface area contributed by atoms with Crippen LogP contribution in [0.15, 0.2) is 0 Å². The number of aliphatic hydroxyl groups is 1. The largest absolute Gasteiger partial charge is 0.389 e. The van der Waals surface area contributed by atoms with Crippen molar-refractivity contribution in [3.05, 3.63) is 0 Å². The number of hydrogen-bond donors (Lipinski definition) is 1. The SMILES string of the molecule is CCCCC(C)(C)CCC(=O)[C@H]1CC[C@H]2C[C@H](OCCCC#N)C[C@]21O. The lowest BCUT2D eigenvalue weighted by Gasteiger charge is -2.31. The average molecular weight is 364 g/mol. The van der Waals surface area contributed by atoms with Crippen LogP contribution in [0, 0.1) is 28.6 Å². The third-order valence-corrected chi connectivity index (χ3v) is 6.65. The molecule has 0 bridgehead atoms. The summed E-state index contributed by atoms with van der Waals surface area (Å²) in [5.41, 5.74) is -0.654. The average Bonchev–Trinajstić information content (AvgIpc) is 3.07. The second-order valence-corrected chi connectivity index (χ2v) is 9.25. The lowest BCUT2D eigenvalue weighted by molar-refractivity contribution is -0.132. The Morgan fingerprint density at radius 1 is 1.31 bits per heavy atom. The maximum Gasteiger partial charge on any atom is 0.138 e. The van der Waals surface area contributed by atoms with E-state index < -0.39 is 5.60 Å². The Labute approximate surface area is 159 Å². The molecule has 26 heavy (non-hydrogen) atoms. The van der Waals surface area contributed by atoms with Crippen LogP contribution >= 0.6 is 0 Å². The molecule has 0 unspecified atom stereocenters. The lowest BCUT2D eigenvalue weighted by Crippen LogP contribution is -2.40. The van der Waals surface area contributed by atoms with Crippen LogP contribution in [0.5, 0.6) is 0 Å². The smallest absolute Gasteiger partial charge is 0.138 e. The predicted molar refractivity (Wildman–Crippen MR) is 103 cm³/mol. The molecule has 0 radical (unpaired) electrons. The van der Waals surface area contributed by atoms with Crippen molar-refractivity contribution in [2.24, 2.45) is 17.3 Å². The van der Waals surface area contributed by atoms with Gasteiger partial charge >= 0.3 is 0 Å². The van der Waals surface area contributed by atoms with Crippen molar-refractivity contribution in [2.45, 2.75) is 103 Å². The molecule has 4 heteroatoms. The first-order valence-corrected chi connectivity index (χ1v) is 10.6. The van der Waals surface area contributed by atoms with Gasteiger partial charge < -0.3 is 9.84 Å². The van der Waals surface area contributed by atoms with Crippen molar-refractivity contribution in [1.29, 1.82) is 5.26 Å². The molecule has 0 amide bonds. The van der Waals surface area contributed by atoms with Gasteiger partial charge in [0.15, 0.2) is 0 Å². The number of nitrogens with zero attached hydrogens (tertiary/aromatic N) is 1. The number of nitriles is 1. The minimum Gasteiger partial charge on any atom is -0.389 e. The first-order valence-electron chi connectivity index (χ1n) is 10.6. The molecule has 0 saturated heterocycles. The summed E-state index contributed by atoms with van der Waals surface area (Å²) in [7, 11) is 0. The second-order valence-electron chi connectivity index (χ2n) is 9.25. The van der Waals surface area contributed by atoms with E-state index in [1.54, 1.807) is 0 Å². The van der Waals surface area contributed by atoms with Crippen LogP contribution in [0.1, 0.15) is 91.4 Å². The number of unbranched alkanes of at least 4 members (excludes halogenated alkanes) is 2. The summed E-state index contributed by atoms with van der Waals surface area (Å²) >= 11 is 0. The number of carbonyl (C=O) groups excluding carboxylic acids is 1. The van der Waals surface area contributed by atoms with Crippen LogP contribution in [0.2, 0.25) is 0 Å². The molecule has 2 saturated carbocycles. The fourth-order valence-corrected chi connectivity index (χ4v) is 4.93. The molecule has 0 heterocycles. The van der Waals surface area contributed by atoms with Gasteiger partial charge in [-0.1, -0.05) is 33.6 Å². The molecule has 4 nitrogen and oxygen atoms in total. The molecule has 2 aliphatic carbocycles. The number of Topliss-reactive ketones (excluding diaryl/α,β-unsaturated/α-hetero) is 1. The maximum atomic E-state index is 12.9. The highest BCUT2D eigenvalue weighted by atomic mass is 16.5. The highest BCUT2D eigenvalue weighted by Gasteiger charge is 2.57. The molecule has 2 rings (SSSR count). The summed E-state index contributed by atoms with van der Waals surface area (Å²) in [5.74, 6) is 0.248. The zero-order valence-corrected chi connectivity index (χ0v) is 16.9. The molecule has 0 aliphatic heterocycles. The normalized spacial score (nSPS) is 31.0. The summed E-state index contributed by atoms with van der Waals surface area (Å²) in [6.07, 6.45) is 9.56. The fourth-order valence-electron chi connectivity index (χ4n) is 4.93. The van der Waals surface area contributed by atoms with Crippen molar-refractivity contribution in [2.75, 3.05) is 6.61 Å². The van der Waals surface area contributed by atoms with Crippen LogP contribution < -0.4 is 0 Å². The summed E-state index contributed by atoms with van der Waals surface area (Å²) in [4.78, 5) is 12.9. The third kappa shape index (κ3) is 5.30. The molecule has 0 spiro atoms. The lowest BCUT2D eigenvalue weighted by atomic mass is 9.78. The monoisotopic (exact) mass is 363 g/mol. The molecular weight excluding hydrogens is 326 g/mol. The van der Waals surface area contributed by atoms with E-state index in [9.17, 15) is 9.90 Å². The Kier molecular flexibility index (Phi) is 7.67. The van der Waals surface area contributed by atoms with E-state index >= 15 is 0 Å². The number of ether oxygens (including phenoxy) is 1. The molecule has 0 aromatic rings. The first-order chi connectivity index (χ1) is 12.3. The maximum absolute atomic E-state index is 12.9.